The minimum Gasteiger partial charge on any atom is -0.507 e. The van der Waals surface area contributed by atoms with E-state index in [2.05, 4.69) is 26.1 Å². The first-order valence-corrected chi connectivity index (χ1v) is 4.91. The molecule has 0 aliphatic heterocycles. The Balaban J connectivity index is 3.01. The largest absolute Gasteiger partial charge is 0.507 e. The van der Waals surface area contributed by atoms with E-state index < -0.39 is 0 Å². The van der Waals surface area contributed by atoms with Crippen LogP contribution in [-0.4, -0.2) is 17.3 Å². The lowest BCUT2D eigenvalue weighted by Gasteiger charge is -2.02. The summed E-state index contributed by atoms with van der Waals surface area (Å²) in [5, 5.41) is 16.6. The fourth-order valence-corrected chi connectivity index (χ4v) is 1.30. The second kappa shape index (κ2) is 4.79. The van der Waals surface area contributed by atoms with Crippen LogP contribution in [0.4, 0.5) is 0 Å². The van der Waals surface area contributed by atoms with E-state index in [-0.39, 0.29) is 11.7 Å². The van der Waals surface area contributed by atoms with Gasteiger partial charge in [0.05, 0.1) is 6.21 Å². The average Bonchev–Trinajstić information content (AvgIpc) is 2.13. The fraction of sp³-hybridized carbons (Fsp3) is 0.111. The molecule has 0 aliphatic rings. The van der Waals surface area contributed by atoms with Crippen molar-refractivity contribution in [3.8, 4) is 5.75 Å². The number of phenolic OH excluding ortho intramolecular Hbond substituents is 1. The van der Waals surface area contributed by atoms with Crippen molar-refractivity contribution in [1.82, 2.24) is 0 Å². The maximum atomic E-state index is 9.56. The highest BCUT2D eigenvalue weighted by atomic mass is 79.9. The molecule has 1 rings (SSSR count). The van der Waals surface area contributed by atoms with Crippen molar-refractivity contribution in [1.29, 1.82) is 0 Å². The minimum atomic E-state index is -0.128. The number of phenols is 1. The highest BCUT2D eigenvalue weighted by Gasteiger charge is 2.02. The number of aromatic hydroxyl groups is 1. The molecule has 0 unspecified atom stereocenters. The summed E-state index contributed by atoms with van der Waals surface area (Å²) in [7, 11) is 0. The summed E-state index contributed by atoms with van der Waals surface area (Å²) in [6.45, 7) is 1.88. The lowest BCUT2D eigenvalue weighted by Crippen LogP contribution is -2.21. The number of benzene rings is 1. The third kappa shape index (κ3) is 3.25. The van der Waals surface area contributed by atoms with Gasteiger partial charge in [0, 0.05) is 10.0 Å². The quantitative estimate of drug-likeness (QED) is 0.426. The van der Waals surface area contributed by atoms with Crippen molar-refractivity contribution in [3.05, 3.63) is 27.7 Å². The van der Waals surface area contributed by atoms with E-state index >= 15 is 0 Å². The van der Waals surface area contributed by atoms with Gasteiger partial charge in [0.1, 0.15) is 5.75 Å². The molecular weight excluding hydrogens is 260 g/mol. The number of aryl methyl sites for hydroxylation is 1. The third-order valence-electron chi connectivity index (χ3n) is 1.68. The van der Waals surface area contributed by atoms with Gasteiger partial charge < -0.3 is 16.6 Å². The SMILES string of the molecule is Cc1cc(O)c(C=NN=C(N)N)cc1Br. The second-order valence-electron chi connectivity index (χ2n) is 2.93. The van der Waals surface area contributed by atoms with Crippen molar-refractivity contribution in [2.75, 3.05) is 0 Å². The highest BCUT2D eigenvalue weighted by Crippen LogP contribution is 2.24. The molecule has 15 heavy (non-hydrogen) atoms. The molecule has 0 spiro atoms. The van der Waals surface area contributed by atoms with Crippen LogP contribution < -0.4 is 11.5 Å². The number of hydrogen-bond donors (Lipinski definition) is 3. The second-order valence-corrected chi connectivity index (χ2v) is 3.78. The third-order valence-corrected chi connectivity index (χ3v) is 2.53. The first-order chi connectivity index (χ1) is 7.00. The normalized spacial score (nSPS) is 10.5. The van der Waals surface area contributed by atoms with Gasteiger partial charge in [-0.25, -0.2) is 0 Å². The molecule has 80 valence electrons. The van der Waals surface area contributed by atoms with Gasteiger partial charge in [-0.05, 0) is 24.6 Å². The molecule has 0 amide bonds. The van der Waals surface area contributed by atoms with Gasteiger partial charge in [-0.3, -0.25) is 0 Å². The zero-order chi connectivity index (χ0) is 11.4. The molecule has 0 bridgehead atoms. The van der Waals surface area contributed by atoms with Gasteiger partial charge >= 0.3 is 0 Å². The van der Waals surface area contributed by atoms with Crippen molar-refractivity contribution in [3.63, 3.8) is 0 Å². The monoisotopic (exact) mass is 270 g/mol. The van der Waals surface area contributed by atoms with Gasteiger partial charge in [0.25, 0.3) is 0 Å². The molecule has 6 heteroatoms. The van der Waals surface area contributed by atoms with Gasteiger partial charge in [-0.1, -0.05) is 15.9 Å². The van der Waals surface area contributed by atoms with E-state index in [1.54, 1.807) is 12.1 Å². The van der Waals surface area contributed by atoms with Crippen LogP contribution in [0.5, 0.6) is 5.75 Å². The van der Waals surface area contributed by atoms with Crippen LogP contribution in [0.15, 0.2) is 26.8 Å². The number of hydrogen-bond acceptors (Lipinski definition) is 3. The molecule has 5 nitrogen and oxygen atoms in total. The van der Waals surface area contributed by atoms with E-state index in [1.807, 2.05) is 6.92 Å². The number of guanidine groups is 1. The fourth-order valence-electron chi connectivity index (χ4n) is 0.943. The van der Waals surface area contributed by atoms with E-state index in [0.29, 0.717) is 5.56 Å². The summed E-state index contributed by atoms with van der Waals surface area (Å²) in [6.07, 6.45) is 1.37. The Hall–Kier alpha value is -1.56. The van der Waals surface area contributed by atoms with Crippen LogP contribution in [0, 0.1) is 6.92 Å². The molecule has 5 N–H and O–H groups in total. The van der Waals surface area contributed by atoms with E-state index in [4.69, 9.17) is 11.5 Å². The van der Waals surface area contributed by atoms with Gasteiger partial charge in [0.2, 0.25) is 5.96 Å². The molecule has 0 atom stereocenters. The Kier molecular flexibility index (Phi) is 3.68. The van der Waals surface area contributed by atoms with E-state index in [1.165, 1.54) is 6.21 Å². The summed E-state index contributed by atoms with van der Waals surface area (Å²) < 4.78 is 0.881. The maximum Gasteiger partial charge on any atom is 0.211 e. The number of nitrogens with two attached hydrogens (primary N) is 2. The Morgan fingerprint density at radius 3 is 2.73 bits per heavy atom. The van der Waals surface area contributed by atoms with Crippen molar-refractivity contribution in [2.45, 2.75) is 6.92 Å². The van der Waals surface area contributed by atoms with Crippen LogP contribution in [0.2, 0.25) is 0 Å². The number of halogens is 1. The van der Waals surface area contributed by atoms with E-state index in [9.17, 15) is 5.11 Å². The van der Waals surface area contributed by atoms with Crippen LogP contribution in [-0.2, 0) is 0 Å². The van der Waals surface area contributed by atoms with Crippen LogP contribution in [0.25, 0.3) is 0 Å². The zero-order valence-corrected chi connectivity index (χ0v) is 9.69. The number of nitrogens with zero attached hydrogens (tertiary/aromatic N) is 2. The van der Waals surface area contributed by atoms with Gasteiger partial charge in [-0.15, -0.1) is 5.10 Å². The summed E-state index contributed by atoms with van der Waals surface area (Å²) in [5.74, 6) is 0.00200. The Morgan fingerprint density at radius 2 is 2.13 bits per heavy atom. The van der Waals surface area contributed by atoms with Crippen molar-refractivity contribution < 1.29 is 5.11 Å². The van der Waals surface area contributed by atoms with E-state index in [0.717, 1.165) is 10.0 Å². The molecule has 1 aromatic rings. The Morgan fingerprint density at radius 1 is 1.47 bits per heavy atom. The average molecular weight is 271 g/mol. The number of rotatable bonds is 2. The molecular formula is C9H11BrN4O. The smallest absolute Gasteiger partial charge is 0.211 e. The maximum absolute atomic E-state index is 9.56. The predicted octanol–water partition coefficient (Wildman–Crippen LogP) is 1.07. The topological polar surface area (TPSA) is 97.0 Å². The lowest BCUT2D eigenvalue weighted by atomic mass is 10.1. The first kappa shape index (κ1) is 11.5. The molecule has 0 heterocycles. The standard InChI is InChI=1S/C9H11BrN4O/c1-5-2-8(15)6(3-7(5)10)4-13-14-9(11)12/h2-4,15H,1H3,(H4,11,12,14). The van der Waals surface area contributed by atoms with Gasteiger partial charge in [0.15, 0.2) is 0 Å². The molecule has 0 radical (unpaired) electrons. The highest BCUT2D eigenvalue weighted by molar-refractivity contribution is 9.10. The molecule has 0 fully saturated rings. The molecule has 1 aromatic carbocycles. The van der Waals surface area contributed by atoms with Crippen molar-refractivity contribution in [2.24, 2.45) is 21.7 Å². The summed E-state index contributed by atoms with van der Waals surface area (Å²) >= 11 is 3.34. The molecule has 0 saturated heterocycles. The van der Waals surface area contributed by atoms with Gasteiger partial charge in [-0.2, -0.15) is 5.10 Å². The Labute approximate surface area is 95.6 Å². The van der Waals surface area contributed by atoms with Crippen LogP contribution in [0.1, 0.15) is 11.1 Å². The minimum absolute atomic E-state index is 0.128. The zero-order valence-electron chi connectivity index (χ0n) is 8.11. The molecule has 0 aromatic heterocycles. The summed E-state index contributed by atoms with van der Waals surface area (Å²) in [4.78, 5) is 0. The van der Waals surface area contributed by atoms with Crippen LogP contribution in [0.3, 0.4) is 0 Å². The summed E-state index contributed by atoms with van der Waals surface area (Å²) in [6, 6.07) is 3.36. The lowest BCUT2D eigenvalue weighted by molar-refractivity contribution is 0.474. The van der Waals surface area contributed by atoms with Crippen molar-refractivity contribution >= 4 is 28.1 Å². The Bertz CT molecular complexity index is 424. The van der Waals surface area contributed by atoms with Crippen LogP contribution >= 0.6 is 15.9 Å². The predicted molar refractivity (Wildman–Crippen MR) is 63.9 cm³/mol. The molecule has 0 aliphatic carbocycles. The summed E-state index contributed by atoms with van der Waals surface area (Å²) in [5.41, 5.74) is 11.7. The first-order valence-electron chi connectivity index (χ1n) is 4.12. The molecule has 0 saturated carbocycles.